The Morgan fingerprint density at radius 2 is 1.93 bits per heavy atom. The maximum Gasteiger partial charge on any atom is 0.0263 e. The molecule has 0 spiro atoms. The molecule has 0 unspecified atom stereocenters. The summed E-state index contributed by atoms with van der Waals surface area (Å²) in [4.78, 5) is 4.49. The Balaban J connectivity index is 2.23. The fraction of sp³-hybridized carbons (Fsp3) is 0.769. The zero-order valence-electron chi connectivity index (χ0n) is 10.0. The normalized spacial score (nSPS) is 16.4. The summed E-state index contributed by atoms with van der Waals surface area (Å²) < 4.78 is 0. The average Bonchev–Trinajstić information content (AvgIpc) is 2.47. The molecule has 0 N–H and O–H groups in total. The van der Waals surface area contributed by atoms with Gasteiger partial charge in [-0.05, 0) is 36.7 Å². The van der Waals surface area contributed by atoms with Crippen LogP contribution in [0.5, 0.6) is 0 Å². The SMILES string of the molecule is CC(C)CCC1=CN=C(CC(C)C)C1. The second kappa shape index (κ2) is 5.33. The van der Waals surface area contributed by atoms with Crippen LogP contribution < -0.4 is 0 Å². The lowest BCUT2D eigenvalue weighted by molar-refractivity contribution is 0.582. The van der Waals surface area contributed by atoms with Gasteiger partial charge in [-0.1, -0.05) is 27.7 Å². The molecule has 0 aliphatic carbocycles. The van der Waals surface area contributed by atoms with Crippen LogP contribution in [0.15, 0.2) is 16.8 Å². The Morgan fingerprint density at radius 3 is 2.50 bits per heavy atom. The molecule has 80 valence electrons. The van der Waals surface area contributed by atoms with E-state index in [4.69, 9.17) is 0 Å². The Labute approximate surface area is 88.3 Å². The van der Waals surface area contributed by atoms with Crippen LogP contribution in [0, 0.1) is 11.8 Å². The third-order valence-electron chi connectivity index (χ3n) is 2.55. The summed E-state index contributed by atoms with van der Waals surface area (Å²) in [5, 5.41) is 0. The first-order valence-corrected chi connectivity index (χ1v) is 5.81. The van der Waals surface area contributed by atoms with Crippen LogP contribution in [-0.2, 0) is 0 Å². The van der Waals surface area contributed by atoms with E-state index in [0.717, 1.165) is 18.3 Å². The predicted octanol–water partition coefficient (Wildman–Crippen LogP) is 4.20. The molecule has 1 heterocycles. The van der Waals surface area contributed by atoms with Crippen LogP contribution in [0.4, 0.5) is 0 Å². The predicted molar refractivity (Wildman–Crippen MR) is 63.7 cm³/mol. The number of nitrogens with zero attached hydrogens (tertiary/aromatic N) is 1. The van der Waals surface area contributed by atoms with Crippen molar-refractivity contribution in [3.05, 3.63) is 11.8 Å². The molecule has 1 rings (SSSR count). The fourth-order valence-corrected chi connectivity index (χ4v) is 1.76. The minimum atomic E-state index is 0.742. The van der Waals surface area contributed by atoms with Gasteiger partial charge < -0.3 is 0 Å². The van der Waals surface area contributed by atoms with E-state index < -0.39 is 0 Å². The van der Waals surface area contributed by atoms with Crippen molar-refractivity contribution in [3.63, 3.8) is 0 Å². The van der Waals surface area contributed by atoms with Gasteiger partial charge in [-0.3, -0.25) is 4.99 Å². The summed E-state index contributed by atoms with van der Waals surface area (Å²) in [6, 6.07) is 0. The molecule has 0 atom stereocenters. The summed E-state index contributed by atoms with van der Waals surface area (Å²) in [7, 11) is 0. The number of aliphatic imine (C=N–C) groups is 1. The molecule has 0 aromatic rings. The summed E-state index contributed by atoms with van der Waals surface area (Å²) in [6.45, 7) is 9.08. The van der Waals surface area contributed by atoms with Crippen LogP contribution in [0.25, 0.3) is 0 Å². The molecular weight excluding hydrogens is 170 g/mol. The molecule has 0 fully saturated rings. The largest absolute Gasteiger partial charge is 0.265 e. The number of hydrogen-bond donors (Lipinski definition) is 0. The van der Waals surface area contributed by atoms with E-state index in [2.05, 4.69) is 38.9 Å². The Morgan fingerprint density at radius 1 is 1.21 bits per heavy atom. The highest BCUT2D eigenvalue weighted by atomic mass is 14.7. The zero-order valence-corrected chi connectivity index (χ0v) is 10.0. The highest BCUT2D eigenvalue weighted by molar-refractivity contribution is 5.89. The maximum atomic E-state index is 4.49. The smallest absolute Gasteiger partial charge is 0.0263 e. The van der Waals surface area contributed by atoms with Gasteiger partial charge in [0.15, 0.2) is 0 Å². The van der Waals surface area contributed by atoms with Crippen LogP contribution in [0.3, 0.4) is 0 Å². The fourth-order valence-electron chi connectivity index (χ4n) is 1.76. The van der Waals surface area contributed by atoms with Crippen LogP contribution in [0.1, 0.15) is 53.4 Å². The van der Waals surface area contributed by atoms with Crippen molar-refractivity contribution in [2.45, 2.75) is 53.4 Å². The molecule has 0 saturated carbocycles. The third-order valence-corrected chi connectivity index (χ3v) is 2.55. The van der Waals surface area contributed by atoms with Crippen LogP contribution in [0.2, 0.25) is 0 Å². The van der Waals surface area contributed by atoms with E-state index in [0.29, 0.717) is 0 Å². The van der Waals surface area contributed by atoms with Gasteiger partial charge in [0.05, 0.1) is 0 Å². The van der Waals surface area contributed by atoms with E-state index in [1.165, 1.54) is 30.5 Å². The van der Waals surface area contributed by atoms with Gasteiger partial charge >= 0.3 is 0 Å². The molecule has 0 aromatic carbocycles. The third kappa shape index (κ3) is 4.08. The zero-order chi connectivity index (χ0) is 10.6. The lowest BCUT2D eigenvalue weighted by Crippen LogP contribution is -2.01. The molecule has 1 nitrogen and oxygen atoms in total. The first-order valence-electron chi connectivity index (χ1n) is 5.81. The van der Waals surface area contributed by atoms with Gasteiger partial charge in [0, 0.05) is 18.3 Å². The van der Waals surface area contributed by atoms with Crippen molar-refractivity contribution in [1.82, 2.24) is 0 Å². The van der Waals surface area contributed by atoms with Crippen LogP contribution >= 0.6 is 0 Å². The molecule has 0 radical (unpaired) electrons. The van der Waals surface area contributed by atoms with Crippen molar-refractivity contribution in [3.8, 4) is 0 Å². The first kappa shape index (κ1) is 11.5. The maximum absolute atomic E-state index is 4.49. The van der Waals surface area contributed by atoms with E-state index in [9.17, 15) is 0 Å². The van der Waals surface area contributed by atoms with E-state index in [1.807, 2.05) is 0 Å². The van der Waals surface area contributed by atoms with E-state index >= 15 is 0 Å². The van der Waals surface area contributed by atoms with Gasteiger partial charge in [-0.2, -0.15) is 0 Å². The standard InChI is InChI=1S/C13H23N/c1-10(2)5-6-12-8-13(14-9-12)7-11(3)4/h9-11H,5-8H2,1-4H3. The minimum Gasteiger partial charge on any atom is -0.265 e. The minimum absolute atomic E-state index is 0.742. The summed E-state index contributed by atoms with van der Waals surface area (Å²) in [5.74, 6) is 1.55. The number of hydrogen-bond acceptors (Lipinski definition) is 1. The average molecular weight is 193 g/mol. The lowest BCUT2D eigenvalue weighted by Gasteiger charge is -2.07. The number of rotatable bonds is 5. The van der Waals surface area contributed by atoms with Gasteiger partial charge in [0.25, 0.3) is 0 Å². The molecule has 14 heavy (non-hydrogen) atoms. The summed E-state index contributed by atoms with van der Waals surface area (Å²) in [6.07, 6.45) is 6.95. The Hall–Kier alpha value is -0.590. The summed E-state index contributed by atoms with van der Waals surface area (Å²) >= 11 is 0. The monoisotopic (exact) mass is 193 g/mol. The number of allylic oxidation sites excluding steroid dienone is 1. The van der Waals surface area contributed by atoms with Gasteiger partial charge in [-0.15, -0.1) is 0 Å². The second-order valence-corrected chi connectivity index (χ2v) is 5.19. The van der Waals surface area contributed by atoms with Crippen molar-refractivity contribution in [2.75, 3.05) is 0 Å². The molecule has 0 saturated heterocycles. The Kier molecular flexibility index (Phi) is 4.37. The van der Waals surface area contributed by atoms with Gasteiger partial charge in [0.2, 0.25) is 0 Å². The molecule has 0 amide bonds. The van der Waals surface area contributed by atoms with E-state index in [1.54, 1.807) is 0 Å². The van der Waals surface area contributed by atoms with Crippen molar-refractivity contribution in [1.29, 1.82) is 0 Å². The van der Waals surface area contributed by atoms with Gasteiger partial charge in [0.1, 0.15) is 0 Å². The molecule has 1 aliphatic heterocycles. The highest BCUT2D eigenvalue weighted by Crippen LogP contribution is 2.22. The lowest BCUT2D eigenvalue weighted by atomic mass is 9.98. The highest BCUT2D eigenvalue weighted by Gasteiger charge is 2.11. The quantitative estimate of drug-likeness (QED) is 0.620. The second-order valence-electron chi connectivity index (χ2n) is 5.19. The first-order chi connectivity index (χ1) is 6.58. The Bertz CT molecular complexity index is 234. The molecule has 1 heteroatoms. The molecule has 1 aliphatic rings. The molecule has 0 bridgehead atoms. The van der Waals surface area contributed by atoms with Crippen molar-refractivity contribution >= 4 is 5.71 Å². The molecule has 0 aromatic heterocycles. The van der Waals surface area contributed by atoms with E-state index in [-0.39, 0.29) is 0 Å². The molecular formula is C13H23N. The van der Waals surface area contributed by atoms with Gasteiger partial charge in [-0.25, -0.2) is 0 Å². The van der Waals surface area contributed by atoms with Crippen molar-refractivity contribution < 1.29 is 0 Å². The van der Waals surface area contributed by atoms with Crippen molar-refractivity contribution in [2.24, 2.45) is 16.8 Å². The van der Waals surface area contributed by atoms with Crippen LogP contribution in [-0.4, -0.2) is 5.71 Å². The topological polar surface area (TPSA) is 12.4 Å². The summed E-state index contributed by atoms with van der Waals surface area (Å²) in [5.41, 5.74) is 2.92.